The van der Waals surface area contributed by atoms with Crippen LogP contribution in [0.15, 0.2) is 0 Å². The van der Waals surface area contributed by atoms with Crippen molar-refractivity contribution in [3.05, 3.63) is 0 Å². The van der Waals surface area contributed by atoms with Gasteiger partial charge in [-0.25, -0.2) is 0 Å². The van der Waals surface area contributed by atoms with Gasteiger partial charge in [-0.05, 0) is 6.42 Å². The molecule has 0 aromatic carbocycles. The van der Waals surface area contributed by atoms with Crippen LogP contribution in [0.5, 0.6) is 0 Å². The molecular weight excluding hydrogens is 172 g/mol. The highest BCUT2D eigenvalue weighted by atomic mass is 16.2. The number of hydrogen-bond donors (Lipinski definition) is 0. The van der Waals surface area contributed by atoms with Gasteiger partial charge in [0.15, 0.2) is 23.1 Å². The first-order valence-electron chi connectivity index (χ1n) is 4.02. The molecule has 0 radical (unpaired) electrons. The van der Waals surface area contributed by atoms with Gasteiger partial charge in [0.1, 0.15) is 0 Å². The average Bonchev–Trinajstić information content (AvgIpc) is 2.37. The Kier molecular flexibility index (Phi) is 4.80. The first kappa shape index (κ1) is 11.7. The third-order valence-corrected chi connectivity index (χ3v) is 1.61. The van der Waals surface area contributed by atoms with Gasteiger partial charge in [-0.2, -0.15) is 0 Å². The summed E-state index contributed by atoms with van der Waals surface area (Å²) in [5.41, 5.74) is 0. The molecule has 72 valence electrons. The van der Waals surface area contributed by atoms with Crippen LogP contribution in [0.2, 0.25) is 0 Å². The second-order valence-corrected chi connectivity index (χ2v) is 2.81. The highest BCUT2D eigenvalue weighted by molar-refractivity contribution is 6.38. The number of hydrogen-bond acceptors (Lipinski definition) is 4. The van der Waals surface area contributed by atoms with Gasteiger partial charge in [0.2, 0.25) is 0 Å². The molecule has 4 nitrogen and oxygen atoms in total. The van der Waals surface area contributed by atoms with E-state index in [9.17, 15) is 19.2 Å². The van der Waals surface area contributed by atoms with Gasteiger partial charge in [0.25, 0.3) is 0 Å². The molecule has 1 aliphatic rings. The molecule has 0 aliphatic heterocycles. The van der Waals surface area contributed by atoms with Gasteiger partial charge in [0.05, 0.1) is 0 Å². The highest BCUT2D eigenvalue weighted by Crippen LogP contribution is 2.07. The normalized spacial score (nSPS) is 14.9. The van der Waals surface area contributed by atoms with Gasteiger partial charge >= 0.3 is 0 Å². The SMILES string of the molecule is CC(=O)C(C)=O.O=C1CCCC1=O. The molecule has 0 unspecified atom stereocenters. The molecule has 0 amide bonds. The molecule has 1 fully saturated rings. The second kappa shape index (κ2) is 5.35. The maximum atomic E-state index is 10.2. The van der Waals surface area contributed by atoms with E-state index in [1.54, 1.807) is 0 Å². The maximum absolute atomic E-state index is 10.2. The Morgan fingerprint density at radius 1 is 0.923 bits per heavy atom. The molecule has 1 saturated carbocycles. The van der Waals surface area contributed by atoms with Crippen LogP contribution < -0.4 is 0 Å². The van der Waals surface area contributed by atoms with Crippen LogP contribution >= 0.6 is 0 Å². The van der Waals surface area contributed by atoms with Crippen molar-refractivity contribution in [2.75, 3.05) is 0 Å². The fourth-order valence-corrected chi connectivity index (χ4v) is 0.688. The monoisotopic (exact) mass is 184 g/mol. The summed E-state index contributed by atoms with van der Waals surface area (Å²) in [7, 11) is 0. The molecule has 0 heterocycles. The molecule has 13 heavy (non-hydrogen) atoms. The molecule has 0 atom stereocenters. The zero-order valence-corrected chi connectivity index (χ0v) is 7.75. The summed E-state index contributed by atoms with van der Waals surface area (Å²) >= 11 is 0. The van der Waals surface area contributed by atoms with Gasteiger partial charge in [-0.15, -0.1) is 0 Å². The summed E-state index contributed by atoms with van der Waals surface area (Å²) in [6, 6.07) is 0. The minimum absolute atomic E-state index is 0.181. The molecular formula is C9H12O4. The van der Waals surface area contributed by atoms with Crippen molar-refractivity contribution in [1.29, 1.82) is 0 Å². The standard InChI is InChI=1S/C5H6O2.C4H6O2/c6-4-2-1-3-5(4)7;1-3(5)4(2)6/h1-3H2;1-2H3. The van der Waals surface area contributed by atoms with E-state index in [-0.39, 0.29) is 23.1 Å². The Hall–Kier alpha value is -1.32. The second-order valence-electron chi connectivity index (χ2n) is 2.81. The molecule has 0 aromatic rings. The van der Waals surface area contributed by atoms with Crippen LogP contribution in [0.25, 0.3) is 0 Å². The Morgan fingerprint density at radius 3 is 1.31 bits per heavy atom. The number of ketones is 4. The quantitative estimate of drug-likeness (QED) is 0.555. The molecule has 1 aliphatic carbocycles. The zero-order chi connectivity index (χ0) is 10.4. The summed E-state index contributed by atoms with van der Waals surface area (Å²) in [6.07, 6.45) is 1.75. The summed E-state index contributed by atoms with van der Waals surface area (Å²) in [5.74, 6) is -1.12. The Labute approximate surface area is 76.3 Å². The van der Waals surface area contributed by atoms with E-state index in [1.165, 1.54) is 13.8 Å². The van der Waals surface area contributed by atoms with Crippen LogP contribution in [-0.4, -0.2) is 23.1 Å². The third-order valence-electron chi connectivity index (χ3n) is 1.61. The fourth-order valence-electron chi connectivity index (χ4n) is 0.688. The summed E-state index contributed by atoms with van der Waals surface area (Å²) in [4.78, 5) is 40.0. The van der Waals surface area contributed by atoms with Gasteiger partial charge in [0, 0.05) is 26.7 Å². The minimum atomic E-state index is -0.380. The molecule has 0 spiro atoms. The van der Waals surface area contributed by atoms with Crippen molar-refractivity contribution in [3.8, 4) is 0 Å². The smallest absolute Gasteiger partial charge is 0.198 e. The summed E-state index contributed by atoms with van der Waals surface area (Å²) < 4.78 is 0. The fraction of sp³-hybridized carbons (Fsp3) is 0.556. The van der Waals surface area contributed by atoms with Crippen molar-refractivity contribution in [2.24, 2.45) is 0 Å². The molecule has 1 rings (SSSR count). The summed E-state index contributed by atoms with van der Waals surface area (Å²) in [6.45, 7) is 2.50. The highest BCUT2D eigenvalue weighted by Gasteiger charge is 2.19. The maximum Gasteiger partial charge on any atom is 0.198 e. The Balaban J connectivity index is 0.000000226. The number of carbonyl (C=O) groups is 4. The number of rotatable bonds is 1. The molecule has 0 aromatic heterocycles. The lowest BCUT2D eigenvalue weighted by molar-refractivity contribution is -0.134. The molecule has 0 saturated heterocycles. The molecule has 0 N–H and O–H groups in total. The van der Waals surface area contributed by atoms with Crippen LogP contribution in [0.3, 0.4) is 0 Å². The van der Waals surface area contributed by atoms with Crippen molar-refractivity contribution in [2.45, 2.75) is 33.1 Å². The van der Waals surface area contributed by atoms with E-state index in [1.807, 2.05) is 0 Å². The van der Waals surface area contributed by atoms with Crippen LogP contribution in [0.4, 0.5) is 0 Å². The van der Waals surface area contributed by atoms with E-state index in [0.29, 0.717) is 12.8 Å². The molecule has 4 heteroatoms. The first-order chi connectivity index (χ1) is 5.95. The predicted molar refractivity (Wildman–Crippen MR) is 45.2 cm³/mol. The van der Waals surface area contributed by atoms with E-state index in [4.69, 9.17) is 0 Å². The predicted octanol–water partition coefficient (Wildman–Crippen LogP) is 0.473. The topological polar surface area (TPSA) is 68.3 Å². The van der Waals surface area contributed by atoms with Crippen LogP contribution in [-0.2, 0) is 19.2 Å². The van der Waals surface area contributed by atoms with E-state index in [0.717, 1.165) is 6.42 Å². The van der Waals surface area contributed by atoms with E-state index in [2.05, 4.69) is 0 Å². The number of carbonyl (C=O) groups excluding carboxylic acids is 4. The van der Waals surface area contributed by atoms with Crippen molar-refractivity contribution in [1.82, 2.24) is 0 Å². The van der Waals surface area contributed by atoms with E-state index < -0.39 is 0 Å². The minimum Gasteiger partial charge on any atom is -0.291 e. The van der Waals surface area contributed by atoms with Crippen molar-refractivity contribution >= 4 is 23.1 Å². The summed E-state index contributed by atoms with van der Waals surface area (Å²) in [5, 5.41) is 0. The van der Waals surface area contributed by atoms with Crippen molar-refractivity contribution < 1.29 is 19.2 Å². The van der Waals surface area contributed by atoms with Crippen LogP contribution in [0.1, 0.15) is 33.1 Å². The zero-order valence-electron chi connectivity index (χ0n) is 7.75. The lowest BCUT2D eigenvalue weighted by Gasteiger charge is -1.73. The Bertz CT molecular complexity index is 226. The third kappa shape index (κ3) is 5.00. The average molecular weight is 184 g/mol. The van der Waals surface area contributed by atoms with Crippen molar-refractivity contribution in [3.63, 3.8) is 0 Å². The lowest BCUT2D eigenvalue weighted by Crippen LogP contribution is -2.01. The van der Waals surface area contributed by atoms with Gasteiger partial charge < -0.3 is 0 Å². The lowest BCUT2D eigenvalue weighted by atomic mass is 10.3. The number of Topliss-reactive ketones (excluding diaryl/α,β-unsaturated/α-hetero) is 4. The first-order valence-corrected chi connectivity index (χ1v) is 4.02. The van der Waals surface area contributed by atoms with E-state index >= 15 is 0 Å². The Morgan fingerprint density at radius 2 is 1.23 bits per heavy atom. The largest absolute Gasteiger partial charge is 0.291 e. The van der Waals surface area contributed by atoms with Gasteiger partial charge in [-0.3, -0.25) is 19.2 Å². The van der Waals surface area contributed by atoms with Gasteiger partial charge in [-0.1, -0.05) is 0 Å². The molecule has 0 bridgehead atoms. The van der Waals surface area contributed by atoms with Crippen LogP contribution in [0, 0.1) is 0 Å².